The first kappa shape index (κ1) is 26.7. The summed E-state index contributed by atoms with van der Waals surface area (Å²) in [5, 5.41) is 12.2. The number of hydrogen-bond donors (Lipinski definition) is 2. The van der Waals surface area contributed by atoms with Crippen molar-refractivity contribution in [1.29, 1.82) is 0 Å². The summed E-state index contributed by atoms with van der Waals surface area (Å²) in [6, 6.07) is 8.30. The highest BCUT2D eigenvalue weighted by Crippen LogP contribution is 2.14. The fourth-order valence-corrected chi connectivity index (χ4v) is 3.44. The molecule has 0 aliphatic heterocycles. The van der Waals surface area contributed by atoms with Gasteiger partial charge in [0.2, 0.25) is 11.8 Å². The maximum absolute atomic E-state index is 12.6. The second-order valence-electron chi connectivity index (χ2n) is 8.57. The Morgan fingerprint density at radius 3 is 2.29 bits per heavy atom. The van der Waals surface area contributed by atoms with Crippen molar-refractivity contribution in [2.24, 2.45) is 11.8 Å². The molecular weight excluding hydrogens is 392 g/mol. The molecule has 0 aliphatic carbocycles. The van der Waals surface area contributed by atoms with Crippen LogP contribution in [-0.2, 0) is 20.8 Å². The maximum Gasteiger partial charge on any atom is 0.326 e. The fourth-order valence-electron chi connectivity index (χ4n) is 3.44. The number of carbonyl (C=O) groups excluding carboxylic acids is 2. The van der Waals surface area contributed by atoms with Crippen LogP contribution in [0, 0.1) is 11.8 Å². The zero-order valence-corrected chi connectivity index (χ0v) is 19.6. The van der Waals surface area contributed by atoms with Crippen LogP contribution >= 0.6 is 0 Å². The van der Waals surface area contributed by atoms with Gasteiger partial charge in [-0.1, -0.05) is 70.9 Å². The molecule has 0 saturated carbocycles. The van der Waals surface area contributed by atoms with Crippen LogP contribution in [0.1, 0.15) is 71.8 Å². The van der Waals surface area contributed by atoms with Gasteiger partial charge in [0.25, 0.3) is 0 Å². The molecule has 1 rings (SSSR count). The third-order valence-corrected chi connectivity index (χ3v) is 5.81. The third-order valence-electron chi connectivity index (χ3n) is 5.81. The lowest BCUT2D eigenvalue weighted by Gasteiger charge is -2.24. The van der Waals surface area contributed by atoms with Gasteiger partial charge >= 0.3 is 5.97 Å². The minimum atomic E-state index is -1.05. The van der Waals surface area contributed by atoms with Crippen LogP contribution in [0.15, 0.2) is 30.3 Å². The van der Waals surface area contributed by atoms with Crippen LogP contribution in [0.2, 0.25) is 0 Å². The number of carboxylic acid groups (broad SMARTS) is 1. The number of hydrogen-bond acceptors (Lipinski definition) is 3. The Labute approximate surface area is 187 Å². The van der Waals surface area contributed by atoms with Gasteiger partial charge in [-0.25, -0.2) is 4.79 Å². The number of carboxylic acids is 1. The molecule has 1 aromatic carbocycles. The van der Waals surface area contributed by atoms with Gasteiger partial charge in [-0.15, -0.1) is 0 Å². The first-order chi connectivity index (χ1) is 14.8. The Morgan fingerprint density at radius 1 is 1.03 bits per heavy atom. The van der Waals surface area contributed by atoms with E-state index in [0.717, 1.165) is 31.2 Å². The molecule has 6 heteroatoms. The molecule has 0 heterocycles. The van der Waals surface area contributed by atoms with Crippen molar-refractivity contribution in [2.45, 2.75) is 78.7 Å². The topological polar surface area (TPSA) is 86.7 Å². The Balaban J connectivity index is 2.55. The Morgan fingerprint density at radius 2 is 1.71 bits per heavy atom. The summed E-state index contributed by atoms with van der Waals surface area (Å²) in [7, 11) is 0. The molecule has 0 radical (unpaired) electrons. The Hall–Kier alpha value is -2.37. The largest absolute Gasteiger partial charge is 0.480 e. The Kier molecular flexibility index (Phi) is 12.6. The molecule has 6 nitrogen and oxygen atoms in total. The zero-order valence-electron chi connectivity index (χ0n) is 19.6. The number of carbonyl (C=O) groups is 3. The van der Waals surface area contributed by atoms with Gasteiger partial charge in [0.05, 0.1) is 0 Å². The van der Waals surface area contributed by atoms with Gasteiger partial charge in [-0.2, -0.15) is 0 Å². The van der Waals surface area contributed by atoms with Crippen LogP contribution in [0.3, 0.4) is 0 Å². The molecule has 1 aromatic rings. The number of amides is 2. The van der Waals surface area contributed by atoms with Crippen molar-refractivity contribution in [3.63, 3.8) is 0 Å². The van der Waals surface area contributed by atoms with Crippen molar-refractivity contribution in [3.8, 4) is 0 Å². The Bertz CT molecular complexity index is 677. The van der Waals surface area contributed by atoms with Gasteiger partial charge in [-0.05, 0) is 30.7 Å². The maximum atomic E-state index is 12.6. The summed E-state index contributed by atoms with van der Waals surface area (Å²) in [5.74, 6) is -0.929. The molecule has 0 fully saturated rings. The van der Waals surface area contributed by atoms with E-state index in [1.165, 1.54) is 0 Å². The highest BCUT2D eigenvalue weighted by Gasteiger charge is 2.24. The van der Waals surface area contributed by atoms with Crippen LogP contribution in [0.25, 0.3) is 0 Å². The molecule has 2 amide bonds. The van der Waals surface area contributed by atoms with E-state index < -0.39 is 12.0 Å². The van der Waals surface area contributed by atoms with Crippen molar-refractivity contribution in [2.75, 3.05) is 13.1 Å². The number of aliphatic carboxylic acids is 1. The van der Waals surface area contributed by atoms with Crippen molar-refractivity contribution >= 4 is 17.8 Å². The van der Waals surface area contributed by atoms with Crippen molar-refractivity contribution in [3.05, 3.63) is 35.9 Å². The summed E-state index contributed by atoms with van der Waals surface area (Å²) in [4.78, 5) is 38.6. The van der Waals surface area contributed by atoms with E-state index in [0.29, 0.717) is 31.8 Å². The SMILES string of the molecule is CCCN(CCC(C)C(=O)N[C@@H](Cc1ccccc1)C(=O)O)C(=O)CCC[C@@H](C)CC. The molecule has 2 N–H and O–H groups in total. The lowest BCUT2D eigenvalue weighted by molar-refractivity contribution is -0.142. The summed E-state index contributed by atoms with van der Waals surface area (Å²) in [6.07, 6.45) is 5.24. The van der Waals surface area contributed by atoms with Gasteiger partial charge < -0.3 is 15.3 Å². The predicted molar refractivity (Wildman–Crippen MR) is 124 cm³/mol. The monoisotopic (exact) mass is 432 g/mol. The van der Waals surface area contributed by atoms with Crippen LogP contribution in [0.5, 0.6) is 0 Å². The zero-order chi connectivity index (χ0) is 23.2. The molecule has 0 aliphatic rings. The summed E-state index contributed by atoms with van der Waals surface area (Å²) in [5.41, 5.74) is 0.861. The lowest BCUT2D eigenvalue weighted by atomic mass is 10.0. The minimum Gasteiger partial charge on any atom is -0.480 e. The average Bonchev–Trinajstić information content (AvgIpc) is 2.76. The summed E-state index contributed by atoms with van der Waals surface area (Å²) >= 11 is 0. The van der Waals surface area contributed by atoms with E-state index in [1.807, 2.05) is 42.2 Å². The lowest BCUT2D eigenvalue weighted by Crippen LogP contribution is -2.45. The first-order valence-electron chi connectivity index (χ1n) is 11.6. The molecule has 0 saturated heterocycles. The predicted octanol–water partition coefficient (Wildman–Crippen LogP) is 4.28. The summed E-state index contributed by atoms with van der Waals surface area (Å²) in [6.45, 7) is 9.39. The first-order valence-corrected chi connectivity index (χ1v) is 11.6. The molecule has 0 bridgehead atoms. The molecule has 3 atom stereocenters. The highest BCUT2D eigenvalue weighted by molar-refractivity contribution is 5.85. The number of benzene rings is 1. The van der Waals surface area contributed by atoms with Gasteiger partial charge in [0.1, 0.15) is 6.04 Å². The number of nitrogens with one attached hydrogen (secondary N) is 1. The second kappa shape index (κ2) is 14.6. The molecule has 31 heavy (non-hydrogen) atoms. The second-order valence-corrected chi connectivity index (χ2v) is 8.57. The van der Waals surface area contributed by atoms with Crippen molar-refractivity contribution < 1.29 is 19.5 Å². The van der Waals surface area contributed by atoms with Crippen LogP contribution in [-0.4, -0.2) is 46.9 Å². The van der Waals surface area contributed by atoms with Gasteiger partial charge in [0.15, 0.2) is 0 Å². The van der Waals surface area contributed by atoms with Crippen LogP contribution < -0.4 is 5.32 Å². The van der Waals surface area contributed by atoms with E-state index in [4.69, 9.17) is 0 Å². The van der Waals surface area contributed by atoms with E-state index in [9.17, 15) is 19.5 Å². The van der Waals surface area contributed by atoms with E-state index in [-0.39, 0.29) is 24.2 Å². The highest BCUT2D eigenvalue weighted by atomic mass is 16.4. The molecule has 0 aromatic heterocycles. The van der Waals surface area contributed by atoms with Crippen LogP contribution in [0.4, 0.5) is 0 Å². The minimum absolute atomic E-state index is 0.144. The van der Waals surface area contributed by atoms with E-state index in [1.54, 1.807) is 6.92 Å². The number of nitrogens with zero attached hydrogens (tertiary/aromatic N) is 1. The van der Waals surface area contributed by atoms with E-state index >= 15 is 0 Å². The molecule has 1 unspecified atom stereocenters. The quantitative estimate of drug-likeness (QED) is 0.433. The standard InChI is InChI=1S/C25H40N2O4/c1-5-16-27(23(28)14-10-11-19(3)6-2)17-15-20(4)24(29)26-22(25(30)31)18-21-12-8-7-9-13-21/h7-9,12-13,19-20,22H,5-6,10-11,14-18H2,1-4H3,(H,26,29)(H,30,31)/t19-,20?,22-/m0/s1. The average molecular weight is 433 g/mol. The normalized spacial score (nSPS) is 13.8. The molecule has 174 valence electrons. The summed E-state index contributed by atoms with van der Waals surface area (Å²) < 4.78 is 0. The van der Waals surface area contributed by atoms with Gasteiger partial charge in [0, 0.05) is 31.8 Å². The van der Waals surface area contributed by atoms with Gasteiger partial charge in [-0.3, -0.25) is 9.59 Å². The van der Waals surface area contributed by atoms with E-state index in [2.05, 4.69) is 19.2 Å². The third kappa shape index (κ3) is 10.5. The fraction of sp³-hybridized carbons (Fsp3) is 0.640. The molecule has 0 spiro atoms. The smallest absolute Gasteiger partial charge is 0.326 e. The molecular formula is C25H40N2O4. The van der Waals surface area contributed by atoms with Crippen molar-refractivity contribution in [1.82, 2.24) is 10.2 Å². The number of rotatable bonds is 15.